The number of hydrogen-bond acceptors (Lipinski definition) is 6. The van der Waals surface area contributed by atoms with Gasteiger partial charge in [0.1, 0.15) is 5.78 Å². The largest absolute Gasteiger partial charge is 0.379 e. The molecule has 1 amide bonds. The fourth-order valence-corrected chi connectivity index (χ4v) is 2.26. The zero-order valence-electron chi connectivity index (χ0n) is 18.1. The Bertz CT molecular complexity index is 376. The minimum Gasteiger partial charge on any atom is -0.379 e. The zero-order chi connectivity index (χ0) is 20.9. The molecule has 166 valence electrons. The Morgan fingerprint density at radius 3 is 1.75 bits per heavy atom. The Balaban J connectivity index is 3.09. The van der Waals surface area contributed by atoms with Crippen molar-refractivity contribution in [3.63, 3.8) is 0 Å². The van der Waals surface area contributed by atoms with E-state index in [0.29, 0.717) is 59.1 Å². The van der Waals surface area contributed by atoms with Gasteiger partial charge in [-0.1, -0.05) is 33.6 Å². The lowest BCUT2D eigenvalue weighted by molar-refractivity contribution is -0.123. The van der Waals surface area contributed by atoms with Gasteiger partial charge in [-0.25, -0.2) is 0 Å². The standard InChI is InChI=1S/C21H41NO6/c1-4-21(24)22-10-7-5-6-8-11-25-13-15-27-17-18-28-16-14-26-12-9-20(23)19(2)3/h19H,4-18H2,1-3H3,(H,22,24). The van der Waals surface area contributed by atoms with Crippen molar-refractivity contribution in [3.8, 4) is 0 Å². The maximum absolute atomic E-state index is 11.4. The fourth-order valence-electron chi connectivity index (χ4n) is 2.26. The summed E-state index contributed by atoms with van der Waals surface area (Å²) in [7, 11) is 0. The van der Waals surface area contributed by atoms with Crippen molar-refractivity contribution in [1.29, 1.82) is 0 Å². The normalized spacial score (nSPS) is 11.1. The number of amides is 1. The molecule has 0 saturated carbocycles. The molecule has 0 fully saturated rings. The highest BCUT2D eigenvalue weighted by molar-refractivity contribution is 5.80. The first-order valence-electron chi connectivity index (χ1n) is 10.7. The number of unbranched alkanes of at least 4 members (excludes halogenated alkanes) is 3. The highest BCUT2D eigenvalue weighted by Crippen LogP contribution is 2.00. The molecule has 0 bridgehead atoms. The molecule has 0 aliphatic carbocycles. The van der Waals surface area contributed by atoms with E-state index in [4.69, 9.17) is 18.9 Å². The van der Waals surface area contributed by atoms with Gasteiger partial charge in [0.25, 0.3) is 0 Å². The van der Waals surface area contributed by atoms with Crippen LogP contribution >= 0.6 is 0 Å². The van der Waals surface area contributed by atoms with Crippen molar-refractivity contribution >= 4 is 11.7 Å². The van der Waals surface area contributed by atoms with Crippen LogP contribution in [0.5, 0.6) is 0 Å². The summed E-state index contributed by atoms with van der Waals surface area (Å²) in [5, 5.41) is 2.88. The van der Waals surface area contributed by atoms with Gasteiger partial charge >= 0.3 is 0 Å². The van der Waals surface area contributed by atoms with Crippen LogP contribution in [0.4, 0.5) is 0 Å². The average molecular weight is 404 g/mol. The van der Waals surface area contributed by atoms with Crippen molar-refractivity contribution in [1.82, 2.24) is 5.32 Å². The number of nitrogens with one attached hydrogen (secondary N) is 1. The third-order valence-electron chi connectivity index (χ3n) is 4.11. The highest BCUT2D eigenvalue weighted by atomic mass is 16.6. The number of hydrogen-bond donors (Lipinski definition) is 1. The van der Waals surface area contributed by atoms with Gasteiger partial charge in [-0.05, 0) is 12.8 Å². The average Bonchev–Trinajstić information content (AvgIpc) is 2.69. The lowest BCUT2D eigenvalue weighted by Gasteiger charge is -2.08. The van der Waals surface area contributed by atoms with E-state index in [0.717, 1.165) is 38.8 Å². The molecule has 28 heavy (non-hydrogen) atoms. The predicted molar refractivity (Wildman–Crippen MR) is 110 cm³/mol. The first-order chi connectivity index (χ1) is 13.6. The molecule has 0 aliphatic rings. The van der Waals surface area contributed by atoms with E-state index in [1.165, 1.54) is 0 Å². The molecule has 0 aromatic rings. The molecule has 0 aliphatic heterocycles. The maximum Gasteiger partial charge on any atom is 0.219 e. The van der Waals surface area contributed by atoms with Gasteiger partial charge in [-0.3, -0.25) is 9.59 Å². The van der Waals surface area contributed by atoms with Crippen LogP contribution in [0.25, 0.3) is 0 Å². The summed E-state index contributed by atoms with van der Waals surface area (Å²) in [5.41, 5.74) is 0. The van der Waals surface area contributed by atoms with Gasteiger partial charge in [0, 0.05) is 31.9 Å². The van der Waals surface area contributed by atoms with E-state index in [1.54, 1.807) is 0 Å². The second kappa shape index (κ2) is 20.7. The van der Waals surface area contributed by atoms with Crippen LogP contribution in [0.15, 0.2) is 0 Å². The Morgan fingerprint density at radius 2 is 1.21 bits per heavy atom. The number of rotatable bonds is 21. The smallest absolute Gasteiger partial charge is 0.219 e. The molecule has 0 radical (unpaired) electrons. The Hall–Kier alpha value is -1.02. The van der Waals surface area contributed by atoms with E-state index in [1.807, 2.05) is 20.8 Å². The lowest BCUT2D eigenvalue weighted by Crippen LogP contribution is -2.23. The molecule has 0 atom stereocenters. The molecular weight excluding hydrogens is 362 g/mol. The SMILES string of the molecule is CCC(=O)NCCCCCCOCCOCCOCCOCCC(=O)C(C)C. The van der Waals surface area contributed by atoms with Crippen LogP contribution in [-0.2, 0) is 28.5 Å². The maximum atomic E-state index is 11.4. The minimum atomic E-state index is 0.0758. The van der Waals surface area contributed by atoms with Crippen molar-refractivity contribution in [2.75, 3.05) is 59.4 Å². The van der Waals surface area contributed by atoms with E-state index in [9.17, 15) is 9.59 Å². The topological polar surface area (TPSA) is 83.1 Å². The number of carbonyl (C=O) groups excluding carboxylic acids is 2. The Labute approximate surface area is 170 Å². The number of ether oxygens (including phenoxy) is 4. The Kier molecular flexibility index (Phi) is 20.0. The van der Waals surface area contributed by atoms with E-state index in [-0.39, 0.29) is 17.6 Å². The zero-order valence-corrected chi connectivity index (χ0v) is 18.1. The van der Waals surface area contributed by atoms with Crippen LogP contribution in [-0.4, -0.2) is 71.1 Å². The quantitative estimate of drug-likeness (QED) is 0.297. The summed E-state index contributed by atoms with van der Waals surface area (Å²) in [4.78, 5) is 22.5. The molecule has 1 N–H and O–H groups in total. The summed E-state index contributed by atoms with van der Waals surface area (Å²) in [6, 6.07) is 0. The molecule has 0 unspecified atom stereocenters. The van der Waals surface area contributed by atoms with Crippen LogP contribution in [0.2, 0.25) is 0 Å². The summed E-state index contributed by atoms with van der Waals surface area (Å²) in [5.74, 6) is 0.428. The molecule has 7 nitrogen and oxygen atoms in total. The molecular formula is C21H41NO6. The monoisotopic (exact) mass is 403 g/mol. The second-order valence-corrected chi connectivity index (χ2v) is 6.94. The first-order valence-corrected chi connectivity index (χ1v) is 10.7. The van der Waals surface area contributed by atoms with Crippen LogP contribution < -0.4 is 5.32 Å². The lowest BCUT2D eigenvalue weighted by atomic mass is 10.1. The van der Waals surface area contributed by atoms with Crippen molar-refractivity contribution in [2.24, 2.45) is 5.92 Å². The number of carbonyl (C=O) groups is 2. The third kappa shape index (κ3) is 19.7. The summed E-state index contributed by atoms with van der Waals surface area (Å²) < 4.78 is 21.7. The molecule has 0 heterocycles. The van der Waals surface area contributed by atoms with E-state index in [2.05, 4.69) is 5.32 Å². The fraction of sp³-hybridized carbons (Fsp3) is 0.905. The second-order valence-electron chi connectivity index (χ2n) is 6.94. The molecule has 0 spiro atoms. The van der Waals surface area contributed by atoms with Crippen molar-refractivity contribution in [3.05, 3.63) is 0 Å². The first kappa shape index (κ1) is 27.0. The summed E-state index contributed by atoms with van der Waals surface area (Å²) >= 11 is 0. The van der Waals surface area contributed by atoms with Gasteiger partial charge in [0.2, 0.25) is 5.91 Å². The molecule has 0 rings (SSSR count). The van der Waals surface area contributed by atoms with Crippen LogP contribution in [0, 0.1) is 5.92 Å². The van der Waals surface area contributed by atoms with Crippen molar-refractivity contribution < 1.29 is 28.5 Å². The molecule has 0 aromatic heterocycles. The minimum absolute atomic E-state index is 0.0758. The molecule has 0 aromatic carbocycles. The highest BCUT2D eigenvalue weighted by Gasteiger charge is 2.06. The van der Waals surface area contributed by atoms with Gasteiger partial charge in [0.15, 0.2) is 0 Å². The summed E-state index contributed by atoms with van der Waals surface area (Å²) in [6.07, 6.45) is 5.31. The van der Waals surface area contributed by atoms with E-state index < -0.39 is 0 Å². The van der Waals surface area contributed by atoms with Crippen LogP contribution in [0.1, 0.15) is 59.3 Å². The summed E-state index contributed by atoms with van der Waals surface area (Å²) in [6.45, 7) is 10.9. The Morgan fingerprint density at radius 1 is 0.714 bits per heavy atom. The predicted octanol–water partition coefficient (Wildman–Crippen LogP) is 2.75. The number of Topliss-reactive ketones (excluding diaryl/α,β-unsaturated/α-hetero) is 1. The van der Waals surface area contributed by atoms with Gasteiger partial charge < -0.3 is 24.3 Å². The van der Waals surface area contributed by atoms with Gasteiger partial charge in [-0.15, -0.1) is 0 Å². The van der Waals surface area contributed by atoms with Gasteiger partial charge in [-0.2, -0.15) is 0 Å². The van der Waals surface area contributed by atoms with E-state index >= 15 is 0 Å². The molecule has 0 saturated heterocycles. The van der Waals surface area contributed by atoms with Gasteiger partial charge in [0.05, 0.1) is 46.2 Å². The number of ketones is 1. The molecule has 7 heteroatoms. The third-order valence-corrected chi connectivity index (χ3v) is 4.11. The van der Waals surface area contributed by atoms with Crippen LogP contribution in [0.3, 0.4) is 0 Å². The van der Waals surface area contributed by atoms with Crippen molar-refractivity contribution in [2.45, 2.75) is 59.3 Å².